The molecule has 0 spiro atoms. The standard InChI is InChI=1S/C13H13ClN2O3S/c1-15-11-8-13(17)12(7-10(11)14)16-20(18,19)9-5-3-2-4-6-9/h2-8,15-17H,1H3/p-1. The fraction of sp³-hybridized carbons (Fsp3) is 0.0769. The van der Waals surface area contributed by atoms with Gasteiger partial charge in [0.05, 0.1) is 15.6 Å². The zero-order chi connectivity index (χ0) is 14.8. The number of nitrogens with one attached hydrogen (secondary N) is 2. The van der Waals surface area contributed by atoms with Crippen molar-refractivity contribution in [2.45, 2.75) is 4.90 Å². The van der Waals surface area contributed by atoms with Gasteiger partial charge in [-0.25, -0.2) is 8.42 Å². The molecule has 2 N–H and O–H groups in total. The van der Waals surface area contributed by atoms with Crippen LogP contribution in [0.5, 0.6) is 5.75 Å². The van der Waals surface area contributed by atoms with Crippen molar-refractivity contribution in [1.29, 1.82) is 0 Å². The van der Waals surface area contributed by atoms with Crippen molar-refractivity contribution in [2.24, 2.45) is 0 Å². The highest BCUT2D eigenvalue weighted by Gasteiger charge is 2.14. The fourth-order valence-electron chi connectivity index (χ4n) is 1.63. The molecule has 0 bridgehead atoms. The van der Waals surface area contributed by atoms with E-state index in [1.807, 2.05) is 0 Å². The minimum atomic E-state index is -3.80. The first-order valence-corrected chi connectivity index (χ1v) is 7.56. The molecule has 0 aromatic heterocycles. The first-order valence-electron chi connectivity index (χ1n) is 5.70. The molecule has 2 rings (SSSR count). The van der Waals surface area contributed by atoms with Crippen LogP contribution in [0.3, 0.4) is 0 Å². The second-order valence-electron chi connectivity index (χ2n) is 4.00. The molecule has 0 aliphatic carbocycles. The van der Waals surface area contributed by atoms with E-state index in [0.29, 0.717) is 5.69 Å². The highest BCUT2D eigenvalue weighted by Crippen LogP contribution is 2.33. The lowest BCUT2D eigenvalue weighted by atomic mass is 10.2. The summed E-state index contributed by atoms with van der Waals surface area (Å²) >= 11 is 5.94. The number of anilines is 2. The van der Waals surface area contributed by atoms with Crippen LogP contribution in [0.2, 0.25) is 5.02 Å². The Bertz CT molecular complexity index is 718. The van der Waals surface area contributed by atoms with Crippen LogP contribution in [-0.2, 0) is 10.0 Å². The molecule has 0 radical (unpaired) electrons. The third kappa shape index (κ3) is 2.97. The van der Waals surface area contributed by atoms with Gasteiger partial charge >= 0.3 is 0 Å². The van der Waals surface area contributed by atoms with Crippen molar-refractivity contribution in [3.63, 3.8) is 0 Å². The van der Waals surface area contributed by atoms with Crippen LogP contribution in [0.25, 0.3) is 0 Å². The summed E-state index contributed by atoms with van der Waals surface area (Å²) in [5.74, 6) is -0.460. The predicted molar refractivity (Wildman–Crippen MR) is 77.7 cm³/mol. The molecule has 0 saturated carbocycles. The summed E-state index contributed by atoms with van der Waals surface area (Å²) in [6, 6.07) is 10.3. The number of sulfonamides is 1. The van der Waals surface area contributed by atoms with E-state index < -0.39 is 15.8 Å². The molecular weight excluding hydrogens is 300 g/mol. The van der Waals surface area contributed by atoms with Crippen LogP contribution in [0.15, 0.2) is 47.4 Å². The molecule has 0 amide bonds. The lowest BCUT2D eigenvalue weighted by molar-refractivity contribution is -0.266. The Morgan fingerprint density at radius 3 is 2.35 bits per heavy atom. The van der Waals surface area contributed by atoms with E-state index in [9.17, 15) is 13.5 Å². The van der Waals surface area contributed by atoms with Gasteiger partial charge in [0, 0.05) is 12.7 Å². The summed E-state index contributed by atoms with van der Waals surface area (Å²) < 4.78 is 26.5. The molecule has 0 unspecified atom stereocenters. The summed E-state index contributed by atoms with van der Waals surface area (Å²) in [5, 5.41) is 14.8. The number of benzene rings is 2. The Morgan fingerprint density at radius 2 is 1.75 bits per heavy atom. The van der Waals surface area contributed by atoms with Gasteiger partial charge in [-0.15, -0.1) is 0 Å². The summed E-state index contributed by atoms with van der Waals surface area (Å²) in [6.45, 7) is 0. The molecular formula is C13H12ClN2O3S-. The highest BCUT2D eigenvalue weighted by molar-refractivity contribution is 7.92. The van der Waals surface area contributed by atoms with Gasteiger partial charge in [0.15, 0.2) is 0 Å². The predicted octanol–water partition coefficient (Wildman–Crippen LogP) is 2.26. The van der Waals surface area contributed by atoms with Crippen molar-refractivity contribution in [2.75, 3.05) is 17.1 Å². The highest BCUT2D eigenvalue weighted by atomic mass is 35.5. The van der Waals surface area contributed by atoms with Crippen molar-refractivity contribution >= 4 is 33.0 Å². The lowest BCUT2D eigenvalue weighted by Gasteiger charge is -2.18. The van der Waals surface area contributed by atoms with Gasteiger partial charge in [-0.3, -0.25) is 4.72 Å². The maximum atomic E-state index is 12.1. The van der Waals surface area contributed by atoms with Crippen molar-refractivity contribution < 1.29 is 13.5 Å². The largest absolute Gasteiger partial charge is 0.871 e. The minimum absolute atomic E-state index is 0.0771. The van der Waals surface area contributed by atoms with Crippen LogP contribution in [-0.4, -0.2) is 15.5 Å². The average Bonchev–Trinajstić information content (AvgIpc) is 2.43. The third-order valence-corrected chi connectivity index (χ3v) is 4.33. The number of rotatable bonds is 4. The molecule has 106 valence electrons. The van der Waals surface area contributed by atoms with Crippen LogP contribution >= 0.6 is 11.6 Å². The van der Waals surface area contributed by atoms with Crippen LogP contribution in [0, 0.1) is 0 Å². The molecule has 0 fully saturated rings. The molecule has 20 heavy (non-hydrogen) atoms. The molecule has 0 heterocycles. The fourth-order valence-corrected chi connectivity index (χ4v) is 2.97. The Hall–Kier alpha value is -1.92. The van der Waals surface area contributed by atoms with E-state index in [1.54, 1.807) is 25.2 Å². The van der Waals surface area contributed by atoms with E-state index in [4.69, 9.17) is 11.6 Å². The molecule has 2 aromatic rings. The molecule has 0 saturated heterocycles. The molecule has 0 aliphatic heterocycles. The number of hydrogen-bond donors (Lipinski definition) is 2. The Labute approximate surface area is 122 Å². The minimum Gasteiger partial charge on any atom is -0.871 e. The van der Waals surface area contributed by atoms with E-state index in [0.717, 1.165) is 0 Å². The van der Waals surface area contributed by atoms with Crippen molar-refractivity contribution in [3.8, 4) is 5.75 Å². The molecule has 0 atom stereocenters. The van der Waals surface area contributed by atoms with Crippen LogP contribution < -0.4 is 15.1 Å². The monoisotopic (exact) mass is 311 g/mol. The zero-order valence-electron chi connectivity index (χ0n) is 10.6. The van der Waals surface area contributed by atoms with Gasteiger partial charge in [-0.1, -0.05) is 35.5 Å². The Morgan fingerprint density at radius 1 is 1.10 bits per heavy atom. The average molecular weight is 312 g/mol. The van der Waals surface area contributed by atoms with Gasteiger partial charge in [0.25, 0.3) is 10.0 Å². The second-order valence-corrected chi connectivity index (χ2v) is 6.09. The normalized spacial score (nSPS) is 11.1. The van der Waals surface area contributed by atoms with Gasteiger partial charge < -0.3 is 10.4 Å². The van der Waals surface area contributed by atoms with E-state index in [1.165, 1.54) is 24.3 Å². The first kappa shape index (κ1) is 14.5. The van der Waals surface area contributed by atoms with Crippen LogP contribution in [0.4, 0.5) is 11.4 Å². The second kappa shape index (κ2) is 5.60. The summed E-state index contributed by atoms with van der Waals surface area (Å²) in [7, 11) is -2.18. The first-order chi connectivity index (χ1) is 9.44. The van der Waals surface area contributed by atoms with E-state index >= 15 is 0 Å². The summed E-state index contributed by atoms with van der Waals surface area (Å²) in [5.41, 5.74) is 0.358. The van der Waals surface area contributed by atoms with Gasteiger partial charge in [-0.2, -0.15) is 0 Å². The summed E-state index contributed by atoms with van der Waals surface area (Å²) in [4.78, 5) is 0.0771. The maximum Gasteiger partial charge on any atom is 0.261 e. The summed E-state index contributed by atoms with van der Waals surface area (Å²) in [6.07, 6.45) is 0. The van der Waals surface area contributed by atoms with Crippen molar-refractivity contribution in [1.82, 2.24) is 0 Å². The Kier molecular flexibility index (Phi) is 4.06. The quantitative estimate of drug-likeness (QED) is 0.907. The van der Waals surface area contributed by atoms with Crippen molar-refractivity contribution in [3.05, 3.63) is 47.5 Å². The van der Waals surface area contributed by atoms with E-state index in [-0.39, 0.29) is 15.6 Å². The van der Waals surface area contributed by atoms with E-state index in [2.05, 4.69) is 10.0 Å². The lowest BCUT2D eigenvalue weighted by Crippen LogP contribution is -2.14. The molecule has 0 aliphatic rings. The van der Waals surface area contributed by atoms with Crippen LogP contribution in [0.1, 0.15) is 0 Å². The Balaban J connectivity index is 2.38. The molecule has 2 aromatic carbocycles. The zero-order valence-corrected chi connectivity index (χ0v) is 12.1. The molecule has 7 heteroatoms. The van der Waals surface area contributed by atoms with Gasteiger partial charge in [0.2, 0.25) is 0 Å². The van der Waals surface area contributed by atoms with Gasteiger partial charge in [0.1, 0.15) is 0 Å². The molecule has 5 nitrogen and oxygen atoms in total. The van der Waals surface area contributed by atoms with Gasteiger partial charge in [-0.05, 0) is 24.3 Å². The number of hydrogen-bond acceptors (Lipinski definition) is 4. The maximum absolute atomic E-state index is 12.1. The smallest absolute Gasteiger partial charge is 0.261 e. The number of halogens is 1. The third-order valence-electron chi connectivity index (χ3n) is 2.64. The topological polar surface area (TPSA) is 81.3 Å². The SMILES string of the molecule is CNc1cc([O-])c(NS(=O)(=O)c2ccccc2)cc1Cl.